The predicted molar refractivity (Wildman–Crippen MR) is 121 cm³/mol. The number of aromatic nitrogens is 3. The van der Waals surface area contributed by atoms with E-state index in [9.17, 15) is 14.4 Å². The van der Waals surface area contributed by atoms with Gasteiger partial charge in [-0.1, -0.05) is 39.0 Å². The highest BCUT2D eigenvalue weighted by atomic mass is 32.2. The average Bonchev–Trinajstić information content (AvgIpc) is 2.73. The monoisotopic (exact) mass is 426 g/mol. The summed E-state index contributed by atoms with van der Waals surface area (Å²) in [6.07, 6.45) is 0.701. The van der Waals surface area contributed by atoms with Gasteiger partial charge in [-0.15, -0.1) is 11.8 Å². The summed E-state index contributed by atoms with van der Waals surface area (Å²) in [5.41, 5.74) is 0.0867. The maximum absolute atomic E-state index is 13.0. The fourth-order valence-corrected chi connectivity index (χ4v) is 3.93. The maximum Gasteiger partial charge on any atom is 0.329 e. The van der Waals surface area contributed by atoms with Crippen LogP contribution in [0.4, 0.5) is 0 Å². The third-order valence-electron chi connectivity index (χ3n) is 4.65. The van der Waals surface area contributed by atoms with Gasteiger partial charge in [-0.2, -0.15) is 0 Å². The van der Waals surface area contributed by atoms with Crippen molar-refractivity contribution in [1.29, 1.82) is 0 Å². The first-order chi connectivity index (χ1) is 14.4. The Balaban J connectivity index is 1.93. The Labute approximate surface area is 178 Å². The van der Waals surface area contributed by atoms with E-state index in [1.54, 1.807) is 17.8 Å². The molecule has 2 heterocycles. The van der Waals surface area contributed by atoms with Gasteiger partial charge in [0.05, 0.1) is 10.9 Å². The number of H-pyrrole nitrogens is 1. The second-order valence-corrected chi connectivity index (χ2v) is 8.44. The molecule has 0 saturated carbocycles. The number of aryl methyl sites for hydroxylation is 1. The van der Waals surface area contributed by atoms with Crippen molar-refractivity contribution in [2.45, 2.75) is 44.6 Å². The molecule has 30 heavy (non-hydrogen) atoms. The summed E-state index contributed by atoms with van der Waals surface area (Å²) in [5, 5.41) is 3.05. The van der Waals surface area contributed by atoms with Crippen LogP contribution in [0.1, 0.15) is 49.2 Å². The Kier molecular flexibility index (Phi) is 7.10. The van der Waals surface area contributed by atoms with Gasteiger partial charge in [0.15, 0.2) is 5.65 Å². The van der Waals surface area contributed by atoms with Gasteiger partial charge in [-0.3, -0.25) is 19.1 Å². The van der Waals surface area contributed by atoms with Gasteiger partial charge in [0.1, 0.15) is 0 Å². The fraction of sp³-hybridized carbons (Fsp3) is 0.364. The molecule has 1 amide bonds. The topological polar surface area (TPSA) is 96.9 Å². The van der Waals surface area contributed by atoms with Gasteiger partial charge in [0, 0.05) is 29.4 Å². The van der Waals surface area contributed by atoms with Crippen LogP contribution in [0.3, 0.4) is 0 Å². The molecule has 2 aromatic heterocycles. The minimum absolute atomic E-state index is 0.0408. The Bertz CT molecular complexity index is 1150. The zero-order valence-corrected chi connectivity index (χ0v) is 18.2. The number of hydrogen-bond acceptors (Lipinski definition) is 5. The molecule has 0 bridgehead atoms. The van der Waals surface area contributed by atoms with Gasteiger partial charge in [0.25, 0.3) is 11.5 Å². The molecular weight excluding hydrogens is 400 g/mol. The van der Waals surface area contributed by atoms with Crippen LogP contribution < -0.4 is 16.6 Å². The summed E-state index contributed by atoms with van der Waals surface area (Å²) in [6, 6.07) is 11.6. The summed E-state index contributed by atoms with van der Waals surface area (Å²) in [6.45, 7) is 6.72. The number of benzene rings is 1. The van der Waals surface area contributed by atoms with Crippen molar-refractivity contribution in [1.82, 2.24) is 19.9 Å². The summed E-state index contributed by atoms with van der Waals surface area (Å²) in [7, 11) is 0. The largest absolute Gasteiger partial charge is 0.351 e. The SMILES string of the molecule is CCCn1c(=O)[nH]c(=O)c2c(C(=O)NCCSc3ccccc3)cc(C(C)C)nc21. The lowest BCUT2D eigenvalue weighted by molar-refractivity contribution is 0.0957. The third-order valence-corrected chi connectivity index (χ3v) is 5.67. The number of pyridine rings is 1. The lowest BCUT2D eigenvalue weighted by Crippen LogP contribution is -2.34. The lowest BCUT2D eigenvalue weighted by Gasteiger charge is -2.14. The van der Waals surface area contributed by atoms with Crippen LogP contribution in [0.25, 0.3) is 11.0 Å². The van der Waals surface area contributed by atoms with Gasteiger partial charge in [-0.25, -0.2) is 9.78 Å². The molecule has 3 aromatic rings. The van der Waals surface area contributed by atoms with Gasteiger partial charge in [-0.05, 0) is 30.5 Å². The van der Waals surface area contributed by atoms with Crippen LogP contribution in [0, 0.1) is 0 Å². The van der Waals surface area contributed by atoms with E-state index in [0.29, 0.717) is 31.0 Å². The van der Waals surface area contributed by atoms with E-state index in [-0.39, 0.29) is 28.4 Å². The standard InChI is InChI=1S/C22H26N4O3S/c1-4-11-26-19-18(21(28)25-22(26)29)16(13-17(24-19)14(2)3)20(27)23-10-12-30-15-8-6-5-7-9-15/h5-9,13-14H,4,10-12H2,1-3H3,(H,23,27)(H,25,28,29). The summed E-state index contributed by atoms with van der Waals surface area (Å²) in [5.74, 6) is 0.399. The number of aromatic amines is 1. The van der Waals surface area contributed by atoms with Gasteiger partial charge < -0.3 is 5.32 Å². The number of rotatable bonds is 8. The highest BCUT2D eigenvalue weighted by Gasteiger charge is 2.20. The summed E-state index contributed by atoms with van der Waals surface area (Å²) < 4.78 is 1.44. The van der Waals surface area contributed by atoms with Crippen molar-refractivity contribution >= 4 is 28.7 Å². The van der Waals surface area contributed by atoms with Crippen LogP contribution in [0.15, 0.2) is 50.9 Å². The first kappa shape index (κ1) is 21.8. The van der Waals surface area contributed by atoms with E-state index in [1.807, 2.05) is 51.1 Å². The molecule has 3 rings (SSSR count). The molecule has 8 heteroatoms. The highest BCUT2D eigenvalue weighted by Crippen LogP contribution is 2.20. The van der Waals surface area contributed by atoms with Crippen molar-refractivity contribution in [3.05, 3.63) is 68.5 Å². The molecular formula is C22H26N4O3S. The van der Waals surface area contributed by atoms with Crippen LogP contribution in [0.5, 0.6) is 0 Å². The number of nitrogens with one attached hydrogen (secondary N) is 2. The smallest absolute Gasteiger partial charge is 0.329 e. The number of amides is 1. The van der Waals surface area contributed by atoms with Gasteiger partial charge >= 0.3 is 5.69 Å². The molecule has 0 aliphatic heterocycles. The number of carbonyl (C=O) groups is 1. The Morgan fingerprint density at radius 3 is 2.63 bits per heavy atom. The van der Waals surface area contributed by atoms with E-state index in [2.05, 4.69) is 15.3 Å². The second kappa shape index (κ2) is 9.75. The normalized spacial score (nSPS) is 11.2. The van der Waals surface area contributed by atoms with Crippen molar-refractivity contribution in [3.8, 4) is 0 Å². The quantitative estimate of drug-likeness (QED) is 0.426. The number of hydrogen-bond donors (Lipinski definition) is 2. The zero-order chi connectivity index (χ0) is 21.7. The molecule has 7 nitrogen and oxygen atoms in total. The number of carbonyl (C=O) groups excluding carboxylic acids is 1. The minimum atomic E-state index is -0.589. The highest BCUT2D eigenvalue weighted by molar-refractivity contribution is 7.99. The Morgan fingerprint density at radius 1 is 1.23 bits per heavy atom. The molecule has 0 saturated heterocycles. The molecule has 158 valence electrons. The first-order valence-electron chi connectivity index (χ1n) is 10.1. The number of thioether (sulfide) groups is 1. The number of nitrogens with zero attached hydrogens (tertiary/aromatic N) is 2. The minimum Gasteiger partial charge on any atom is -0.351 e. The predicted octanol–water partition coefficient (Wildman–Crippen LogP) is 3.14. The van der Waals surface area contributed by atoms with Crippen LogP contribution in [0.2, 0.25) is 0 Å². The van der Waals surface area contributed by atoms with E-state index in [0.717, 1.165) is 4.90 Å². The Hall–Kier alpha value is -2.87. The number of fused-ring (bicyclic) bond motifs is 1. The van der Waals surface area contributed by atoms with Crippen LogP contribution >= 0.6 is 11.8 Å². The molecule has 2 N–H and O–H groups in total. The van der Waals surface area contributed by atoms with Crippen molar-refractivity contribution in [3.63, 3.8) is 0 Å². The van der Waals surface area contributed by atoms with Crippen molar-refractivity contribution in [2.75, 3.05) is 12.3 Å². The molecule has 0 spiro atoms. The molecule has 0 atom stereocenters. The maximum atomic E-state index is 13.0. The third kappa shape index (κ3) is 4.81. The van der Waals surface area contributed by atoms with Crippen LogP contribution in [-0.2, 0) is 6.54 Å². The summed E-state index contributed by atoms with van der Waals surface area (Å²) in [4.78, 5) is 45.9. The van der Waals surface area contributed by atoms with Gasteiger partial charge in [0.2, 0.25) is 0 Å². The van der Waals surface area contributed by atoms with Crippen molar-refractivity contribution in [2.24, 2.45) is 0 Å². The average molecular weight is 427 g/mol. The lowest BCUT2D eigenvalue weighted by atomic mass is 10.0. The van der Waals surface area contributed by atoms with Crippen LogP contribution in [-0.4, -0.2) is 32.7 Å². The molecule has 0 fully saturated rings. The zero-order valence-electron chi connectivity index (χ0n) is 17.4. The molecule has 0 aliphatic carbocycles. The Morgan fingerprint density at radius 2 is 1.97 bits per heavy atom. The van der Waals surface area contributed by atoms with E-state index in [4.69, 9.17) is 0 Å². The van der Waals surface area contributed by atoms with E-state index in [1.165, 1.54) is 4.57 Å². The molecule has 0 aliphatic rings. The van der Waals surface area contributed by atoms with Crippen molar-refractivity contribution < 1.29 is 4.79 Å². The molecule has 0 unspecified atom stereocenters. The second-order valence-electron chi connectivity index (χ2n) is 7.28. The first-order valence-corrected chi connectivity index (χ1v) is 11.0. The van der Waals surface area contributed by atoms with E-state index >= 15 is 0 Å². The summed E-state index contributed by atoms with van der Waals surface area (Å²) >= 11 is 1.64. The fourth-order valence-electron chi connectivity index (χ4n) is 3.14. The molecule has 1 aromatic carbocycles. The van der Waals surface area contributed by atoms with E-state index < -0.39 is 11.2 Å². The molecule has 0 radical (unpaired) electrons.